The van der Waals surface area contributed by atoms with Crippen molar-refractivity contribution in [2.24, 2.45) is 0 Å². The van der Waals surface area contributed by atoms with E-state index in [9.17, 15) is 8.42 Å². The van der Waals surface area contributed by atoms with E-state index in [1.165, 1.54) is 0 Å². The summed E-state index contributed by atoms with van der Waals surface area (Å²) in [4.78, 5) is 0. The molecule has 112 valence electrons. The first kappa shape index (κ1) is 14.5. The van der Waals surface area contributed by atoms with Gasteiger partial charge in [-0.2, -0.15) is 0 Å². The van der Waals surface area contributed by atoms with Crippen LogP contribution in [0.3, 0.4) is 0 Å². The van der Waals surface area contributed by atoms with Crippen LogP contribution in [0.4, 0.5) is 0 Å². The zero-order chi connectivity index (χ0) is 14.9. The van der Waals surface area contributed by atoms with Gasteiger partial charge in [0, 0.05) is 0 Å². The van der Waals surface area contributed by atoms with Crippen molar-refractivity contribution in [2.45, 2.75) is 38.1 Å². The Labute approximate surface area is 126 Å². The smallest absolute Gasteiger partial charge is 0.212 e. The van der Waals surface area contributed by atoms with Crippen LogP contribution in [-0.2, 0) is 15.6 Å². The van der Waals surface area contributed by atoms with E-state index in [1.54, 1.807) is 0 Å². The minimum Gasteiger partial charge on any atom is -0.212 e. The molecule has 4 heteroatoms. The van der Waals surface area contributed by atoms with Crippen molar-refractivity contribution in [3.05, 3.63) is 48.0 Å². The summed E-state index contributed by atoms with van der Waals surface area (Å²) in [5, 5.41) is 2.31. The Morgan fingerprint density at radius 1 is 1.10 bits per heavy atom. The normalized spacial score (nSPS) is 17.0. The highest BCUT2D eigenvalue weighted by atomic mass is 32.2. The summed E-state index contributed by atoms with van der Waals surface area (Å²) in [6, 6.07) is 14.3. The van der Waals surface area contributed by atoms with Crippen LogP contribution >= 0.6 is 0 Å². The molecule has 0 aromatic heterocycles. The SMILES string of the molecule is CCCCS(=O)(=O)NC1(c2cccc3ccccc23)CC1. The van der Waals surface area contributed by atoms with E-state index in [1.807, 2.05) is 25.1 Å². The largest absolute Gasteiger partial charge is 0.212 e. The molecule has 1 saturated carbocycles. The number of fused-ring (bicyclic) bond motifs is 1. The van der Waals surface area contributed by atoms with Gasteiger partial charge in [0.25, 0.3) is 0 Å². The van der Waals surface area contributed by atoms with Gasteiger partial charge in [0.15, 0.2) is 0 Å². The Hall–Kier alpha value is -1.39. The van der Waals surface area contributed by atoms with Gasteiger partial charge in [0.05, 0.1) is 11.3 Å². The summed E-state index contributed by atoms with van der Waals surface area (Å²) in [5.41, 5.74) is 0.730. The number of unbranched alkanes of at least 4 members (excludes halogenated alkanes) is 1. The van der Waals surface area contributed by atoms with Crippen molar-refractivity contribution >= 4 is 20.8 Å². The van der Waals surface area contributed by atoms with Crippen LogP contribution < -0.4 is 4.72 Å². The lowest BCUT2D eigenvalue weighted by atomic mass is 9.98. The Morgan fingerprint density at radius 2 is 1.81 bits per heavy atom. The Balaban J connectivity index is 1.95. The molecular formula is C17H21NO2S. The third kappa shape index (κ3) is 2.97. The second-order valence-electron chi connectivity index (χ2n) is 5.88. The minimum absolute atomic E-state index is 0.218. The highest BCUT2D eigenvalue weighted by molar-refractivity contribution is 7.89. The molecule has 1 fully saturated rings. The van der Waals surface area contributed by atoms with Crippen LogP contribution in [0.1, 0.15) is 38.2 Å². The minimum atomic E-state index is -3.21. The van der Waals surface area contributed by atoms with E-state index in [0.29, 0.717) is 6.42 Å². The van der Waals surface area contributed by atoms with E-state index >= 15 is 0 Å². The zero-order valence-electron chi connectivity index (χ0n) is 12.3. The maximum atomic E-state index is 12.2. The van der Waals surface area contributed by atoms with Gasteiger partial charge in [-0.25, -0.2) is 13.1 Å². The summed E-state index contributed by atoms with van der Waals surface area (Å²) in [5.74, 6) is 0.218. The highest BCUT2D eigenvalue weighted by Gasteiger charge is 2.47. The van der Waals surface area contributed by atoms with Crippen molar-refractivity contribution in [2.75, 3.05) is 5.75 Å². The van der Waals surface area contributed by atoms with Gasteiger partial charge in [0.1, 0.15) is 0 Å². The van der Waals surface area contributed by atoms with Gasteiger partial charge in [0.2, 0.25) is 10.0 Å². The average molecular weight is 303 g/mol. The van der Waals surface area contributed by atoms with E-state index in [2.05, 4.69) is 29.0 Å². The fourth-order valence-corrected chi connectivity index (χ4v) is 4.56. The molecule has 3 rings (SSSR count). The molecule has 0 bridgehead atoms. The van der Waals surface area contributed by atoms with Crippen LogP contribution in [-0.4, -0.2) is 14.2 Å². The van der Waals surface area contributed by atoms with Crippen molar-refractivity contribution in [3.8, 4) is 0 Å². The van der Waals surface area contributed by atoms with Crippen LogP contribution in [0, 0.1) is 0 Å². The third-order valence-corrected chi connectivity index (χ3v) is 5.70. The molecule has 1 aliphatic rings. The standard InChI is InChI=1S/C17H21NO2S/c1-2-3-13-21(19,20)18-17(11-12-17)16-10-6-8-14-7-4-5-9-15(14)16/h4-10,18H,2-3,11-13H2,1H3. The maximum Gasteiger partial charge on any atom is 0.212 e. The molecule has 3 nitrogen and oxygen atoms in total. The van der Waals surface area contributed by atoms with Gasteiger partial charge in [-0.05, 0) is 35.6 Å². The van der Waals surface area contributed by atoms with Gasteiger partial charge in [-0.1, -0.05) is 55.8 Å². The summed E-state index contributed by atoms with van der Waals surface area (Å²) in [7, 11) is -3.21. The van der Waals surface area contributed by atoms with Crippen molar-refractivity contribution < 1.29 is 8.42 Å². The molecule has 0 heterocycles. The van der Waals surface area contributed by atoms with E-state index in [-0.39, 0.29) is 11.3 Å². The Morgan fingerprint density at radius 3 is 2.52 bits per heavy atom. The molecule has 0 spiro atoms. The van der Waals surface area contributed by atoms with E-state index < -0.39 is 10.0 Å². The van der Waals surface area contributed by atoms with Crippen LogP contribution in [0.2, 0.25) is 0 Å². The van der Waals surface area contributed by atoms with Gasteiger partial charge >= 0.3 is 0 Å². The first-order valence-corrected chi connectivity index (χ1v) is 9.21. The van der Waals surface area contributed by atoms with Crippen LogP contribution in [0.25, 0.3) is 10.8 Å². The maximum absolute atomic E-state index is 12.2. The molecule has 0 unspecified atom stereocenters. The highest BCUT2D eigenvalue weighted by Crippen LogP contribution is 2.48. The number of nitrogens with one attached hydrogen (secondary N) is 1. The van der Waals surface area contributed by atoms with E-state index in [4.69, 9.17) is 0 Å². The molecule has 1 N–H and O–H groups in total. The quantitative estimate of drug-likeness (QED) is 0.887. The number of hydrogen-bond donors (Lipinski definition) is 1. The molecule has 2 aromatic rings. The second kappa shape index (κ2) is 5.43. The number of hydrogen-bond acceptors (Lipinski definition) is 2. The van der Waals surface area contributed by atoms with Gasteiger partial charge in [-0.15, -0.1) is 0 Å². The molecule has 1 aliphatic carbocycles. The zero-order valence-corrected chi connectivity index (χ0v) is 13.1. The topological polar surface area (TPSA) is 46.2 Å². The fraction of sp³-hybridized carbons (Fsp3) is 0.412. The van der Waals surface area contributed by atoms with E-state index in [0.717, 1.165) is 35.6 Å². The molecule has 0 radical (unpaired) electrons. The molecule has 21 heavy (non-hydrogen) atoms. The van der Waals surface area contributed by atoms with Crippen molar-refractivity contribution in [1.82, 2.24) is 4.72 Å². The first-order valence-electron chi connectivity index (χ1n) is 7.56. The van der Waals surface area contributed by atoms with Gasteiger partial charge < -0.3 is 0 Å². The van der Waals surface area contributed by atoms with Crippen molar-refractivity contribution in [1.29, 1.82) is 0 Å². The second-order valence-corrected chi connectivity index (χ2v) is 7.73. The Bertz CT molecular complexity index is 743. The predicted octanol–water partition coefficient (Wildman–Crippen LogP) is 3.55. The number of benzene rings is 2. The van der Waals surface area contributed by atoms with Crippen LogP contribution in [0.15, 0.2) is 42.5 Å². The summed E-state index contributed by atoms with van der Waals surface area (Å²) < 4.78 is 27.4. The number of sulfonamides is 1. The fourth-order valence-electron chi connectivity index (χ4n) is 2.88. The monoisotopic (exact) mass is 303 g/mol. The lowest BCUT2D eigenvalue weighted by molar-refractivity contribution is 0.550. The molecular weight excluding hydrogens is 282 g/mol. The molecule has 2 aromatic carbocycles. The van der Waals surface area contributed by atoms with Crippen molar-refractivity contribution in [3.63, 3.8) is 0 Å². The third-order valence-electron chi connectivity index (χ3n) is 4.17. The predicted molar refractivity (Wildman–Crippen MR) is 86.7 cm³/mol. The number of rotatable bonds is 6. The summed E-state index contributed by atoms with van der Waals surface area (Å²) in [6.45, 7) is 2.01. The lowest BCUT2D eigenvalue weighted by Crippen LogP contribution is -2.36. The van der Waals surface area contributed by atoms with Gasteiger partial charge in [-0.3, -0.25) is 0 Å². The first-order chi connectivity index (χ1) is 10.1. The molecule has 0 aliphatic heterocycles. The lowest BCUT2D eigenvalue weighted by Gasteiger charge is -2.20. The average Bonchev–Trinajstić information content (AvgIpc) is 3.24. The molecule has 0 amide bonds. The molecule has 0 saturated heterocycles. The van der Waals surface area contributed by atoms with Crippen LogP contribution in [0.5, 0.6) is 0 Å². The summed E-state index contributed by atoms with van der Waals surface area (Å²) >= 11 is 0. The Kier molecular flexibility index (Phi) is 3.76. The summed E-state index contributed by atoms with van der Waals surface area (Å²) in [6.07, 6.45) is 3.36. The molecule has 0 atom stereocenters.